The van der Waals surface area contributed by atoms with Crippen molar-refractivity contribution in [3.63, 3.8) is 0 Å². The Bertz CT molecular complexity index is 476. The molecule has 0 saturated heterocycles. The molecular weight excluding hydrogens is 254 g/mol. The van der Waals surface area contributed by atoms with E-state index in [1.807, 2.05) is 12.1 Å². The minimum Gasteiger partial charge on any atom is -0.263 e. The Labute approximate surface area is 97.1 Å². The van der Waals surface area contributed by atoms with Crippen LogP contribution in [0, 0.1) is 6.92 Å². The smallest absolute Gasteiger partial charge is 0.181 e. The topological polar surface area (TPSA) is 41.6 Å². The second-order valence-electron chi connectivity index (χ2n) is 3.42. The Kier molecular flexibility index (Phi) is 2.86. The van der Waals surface area contributed by atoms with Crippen molar-refractivity contribution in [1.82, 2.24) is 15.2 Å². The Morgan fingerprint density at radius 2 is 2.20 bits per heavy atom. The average Bonchev–Trinajstić information content (AvgIpc) is 2.70. The minimum absolute atomic E-state index is 0.766. The normalized spacial score (nSPS) is 10.6. The third-order valence-electron chi connectivity index (χ3n) is 2.28. The highest BCUT2D eigenvalue weighted by molar-refractivity contribution is 9.10. The van der Waals surface area contributed by atoms with Gasteiger partial charge in [-0.15, -0.1) is 0 Å². The monoisotopic (exact) mass is 265 g/mol. The SMILES string of the molecule is CCc1nc(-c2ccc(Br)c(C)c2)n[nH]1. The molecule has 1 heterocycles. The fraction of sp³-hybridized carbons (Fsp3) is 0.273. The molecule has 0 radical (unpaired) electrons. The van der Waals surface area contributed by atoms with Gasteiger partial charge in [0.15, 0.2) is 5.82 Å². The van der Waals surface area contributed by atoms with Crippen LogP contribution >= 0.6 is 15.9 Å². The molecular formula is C11H12BrN3. The van der Waals surface area contributed by atoms with Gasteiger partial charge in [-0.3, -0.25) is 5.10 Å². The summed E-state index contributed by atoms with van der Waals surface area (Å²) in [6.45, 7) is 4.11. The van der Waals surface area contributed by atoms with E-state index in [1.54, 1.807) is 0 Å². The van der Waals surface area contributed by atoms with Crippen LogP contribution in [-0.4, -0.2) is 15.2 Å². The van der Waals surface area contributed by atoms with Gasteiger partial charge in [-0.25, -0.2) is 4.98 Å². The number of aromatic nitrogens is 3. The number of nitrogens with zero attached hydrogens (tertiary/aromatic N) is 2. The van der Waals surface area contributed by atoms with E-state index < -0.39 is 0 Å². The van der Waals surface area contributed by atoms with Crippen LogP contribution in [-0.2, 0) is 6.42 Å². The lowest BCUT2D eigenvalue weighted by Crippen LogP contribution is -1.84. The first-order chi connectivity index (χ1) is 7.20. The third kappa shape index (κ3) is 2.09. The summed E-state index contributed by atoms with van der Waals surface area (Å²) in [6, 6.07) is 6.11. The van der Waals surface area contributed by atoms with Crippen LogP contribution in [0.3, 0.4) is 0 Å². The highest BCUT2D eigenvalue weighted by Crippen LogP contribution is 2.22. The van der Waals surface area contributed by atoms with Crippen LogP contribution in [0.15, 0.2) is 22.7 Å². The van der Waals surface area contributed by atoms with Gasteiger partial charge in [-0.05, 0) is 30.7 Å². The number of nitrogens with one attached hydrogen (secondary N) is 1. The van der Waals surface area contributed by atoms with E-state index in [0.29, 0.717) is 0 Å². The lowest BCUT2D eigenvalue weighted by Gasteiger charge is -1.99. The second kappa shape index (κ2) is 4.14. The summed E-state index contributed by atoms with van der Waals surface area (Å²) in [7, 11) is 0. The molecule has 0 amide bonds. The predicted octanol–water partition coefficient (Wildman–Crippen LogP) is 3.11. The fourth-order valence-electron chi connectivity index (χ4n) is 1.37. The summed E-state index contributed by atoms with van der Waals surface area (Å²) in [4.78, 5) is 4.39. The highest BCUT2D eigenvalue weighted by atomic mass is 79.9. The first-order valence-electron chi connectivity index (χ1n) is 4.88. The van der Waals surface area contributed by atoms with E-state index in [0.717, 1.165) is 28.1 Å². The molecule has 0 aliphatic heterocycles. The van der Waals surface area contributed by atoms with Gasteiger partial charge in [0.2, 0.25) is 0 Å². The van der Waals surface area contributed by atoms with Gasteiger partial charge < -0.3 is 0 Å². The van der Waals surface area contributed by atoms with Crippen LogP contribution in [0.4, 0.5) is 0 Å². The average molecular weight is 266 g/mol. The molecule has 4 heteroatoms. The standard InChI is InChI=1S/C11H12BrN3/c1-3-10-13-11(15-14-10)8-4-5-9(12)7(2)6-8/h4-6H,3H2,1-2H3,(H,13,14,15). The summed E-state index contributed by atoms with van der Waals surface area (Å²) in [5.41, 5.74) is 2.24. The first-order valence-corrected chi connectivity index (χ1v) is 5.68. The van der Waals surface area contributed by atoms with Gasteiger partial charge >= 0.3 is 0 Å². The van der Waals surface area contributed by atoms with Gasteiger partial charge in [0.05, 0.1) is 0 Å². The van der Waals surface area contributed by atoms with E-state index in [1.165, 1.54) is 5.56 Å². The zero-order valence-corrected chi connectivity index (χ0v) is 10.3. The van der Waals surface area contributed by atoms with Crippen molar-refractivity contribution in [3.05, 3.63) is 34.1 Å². The van der Waals surface area contributed by atoms with Crippen molar-refractivity contribution in [3.8, 4) is 11.4 Å². The van der Waals surface area contributed by atoms with E-state index in [4.69, 9.17) is 0 Å². The zero-order chi connectivity index (χ0) is 10.8. The van der Waals surface area contributed by atoms with E-state index in [2.05, 4.69) is 51.0 Å². The molecule has 0 saturated carbocycles. The molecule has 2 rings (SSSR count). The van der Waals surface area contributed by atoms with Crippen LogP contribution in [0.25, 0.3) is 11.4 Å². The highest BCUT2D eigenvalue weighted by Gasteiger charge is 2.05. The molecule has 15 heavy (non-hydrogen) atoms. The predicted molar refractivity (Wildman–Crippen MR) is 63.6 cm³/mol. The van der Waals surface area contributed by atoms with E-state index in [9.17, 15) is 0 Å². The van der Waals surface area contributed by atoms with E-state index in [-0.39, 0.29) is 0 Å². The quantitative estimate of drug-likeness (QED) is 0.907. The molecule has 3 nitrogen and oxygen atoms in total. The molecule has 1 N–H and O–H groups in total. The van der Waals surface area contributed by atoms with Crippen molar-refractivity contribution in [2.24, 2.45) is 0 Å². The maximum absolute atomic E-state index is 4.39. The number of benzene rings is 1. The summed E-state index contributed by atoms with van der Waals surface area (Å²) in [5.74, 6) is 1.69. The number of aromatic amines is 1. The number of halogens is 1. The van der Waals surface area contributed by atoms with Crippen molar-refractivity contribution >= 4 is 15.9 Å². The van der Waals surface area contributed by atoms with Crippen molar-refractivity contribution < 1.29 is 0 Å². The van der Waals surface area contributed by atoms with Gasteiger partial charge in [0.25, 0.3) is 0 Å². The van der Waals surface area contributed by atoms with Crippen molar-refractivity contribution in [1.29, 1.82) is 0 Å². The molecule has 1 aromatic carbocycles. The van der Waals surface area contributed by atoms with Crippen molar-refractivity contribution in [2.45, 2.75) is 20.3 Å². The number of aryl methyl sites for hydroxylation is 2. The Hall–Kier alpha value is -1.16. The molecule has 0 bridgehead atoms. The summed E-state index contributed by atoms with van der Waals surface area (Å²) < 4.78 is 1.11. The molecule has 78 valence electrons. The second-order valence-corrected chi connectivity index (χ2v) is 4.28. The number of H-pyrrole nitrogens is 1. The maximum Gasteiger partial charge on any atom is 0.181 e. The van der Waals surface area contributed by atoms with Gasteiger partial charge in [0, 0.05) is 16.5 Å². The summed E-state index contributed by atoms with van der Waals surface area (Å²) >= 11 is 3.47. The molecule has 0 fully saturated rings. The minimum atomic E-state index is 0.766. The fourth-order valence-corrected chi connectivity index (χ4v) is 1.61. The number of rotatable bonds is 2. The maximum atomic E-state index is 4.39. The van der Waals surface area contributed by atoms with Crippen LogP contribution in [0.2, 0.25) is 0 Å². The molecule has 0 aliphatic rings. The van der Waals surface area contributed by atoms with E-state index >= 15 is 0 Å². The largest absolute Gasteiger partial charge is 0.263 e. The Morgan fingerprint density at radius 1 is 1.40 bits per heavy atom. The Morgan fingerprint density at radius 3 is 2.80 bits per heavy atom. The molecule has 0 atom stereocenters. The van der Waals surface area contributed by atoms with Gasteiger partial charge in [-0.2, -0.15) is 5.10 Å². The van der Waals surface area contributed by atoms with Crippen LogP contribution in [0.1, 0.15) is 18.3 Å². The molecule has 2 aromatic rings. The van der Waals surface area contributed by atoms with Crippen LogP contribution in [0.5, 0.6) is 0 Å². The number of hydrogen-bond acceptors (Lipinski definition) is 2. The zero-order valence-electron chi connectivity index (χ0n) is 8.71. The van der Waals surface area contributed by atoms with Gasteiger partial charge in [-0.1, -0.05) is 22.9 Å². The van der Waals surface area contributed by atoms with Crippen molar-refractivity contribution in [2.75, 3.05) is 0 Å². The summed E-state index contributed by atoms with van der Waals surface area (Å²) in [5, 5.41) is 7.09. The summed E-state index contributed by atoms with van der Waals surface area (Å²) in [6.07, 6.45) is 0.877. The van der Waals surface area contributed by atoms with Gasteiger partial charge in [0.1, 0.15) is 5.82 Å². The molecule has 0 aliphatic carbocycles. The molecule has 0 spiro atoms. The number of hydrogen-bond donors (Lipinski definition) is 1. The van der Waals surface area contributed by atoms with Crippen LogP contribution < -0.4 is 0 Å². The lowest BCUT2D eigenvalue weighted by molar-refractivity contribution is 0.946. The molecule has 0 unspecified atom stereocenters. The first kappa shape index (κ1) is 10.4. The molecule has 1 aromatic heterocycles. The lowest BCUT2D eigenvalue weighted by atomic mass is 10.1. The third-order valence-corrected chi connectivity index (χ3v) is 3.17. The Balaban J connectivity index is 2.40.